The number of nitrogens with zero attached hydrogens (tertiary/aromatic N) is 4. The van der Waals surface area contributed by atoms with E-state index in [-0.39, 0.29) is 18.3 Å². The fourth-order valence-electron chi connectivity index (χ4n) is 2.56. The zero-order valence-electron chi connectivity index (χ0n) is 14.8. The van der Waals surface area contributed by atoms with Crippen LogP contribution in [0.15, 0.2) is 62.1 Å². The van der Waals surface area contributed by atoms with Crippen LogP contribution < -0.4 is 0 Å². The van der Waals surface area contributed by atoms with Crippen molar-refractivity contribution in [3.8, 4) is 11.5 Å². The van der Waals surface area contributed by atoms with E-state index in [0.717, 1.165) is 15.6 Å². The van der Waals surface area contributed by atoms with Crippen molar-refractivity contribution < 1.29 is 18.4 Å². The zero-order valence-corrected chi connectivity index (χ0v) is 16.4. The molecule has 3 aromatic heterocycles. The molecule has 0 spiro atoms. The van der Waals surface area contributed by atoms with Crippen LogP contribution in [0.2, 0.25) is 0 Å². The summed E-state index contributed by atoms with van der Waals surface area (Å²) < 4.78 is 18.8. The van der Waals surface area contributed by atoms with E-state index in [1.807, 2.05) is 37.4 Å². The number of carbonyl (C=O) groups is 1. The first-order valence-electron chi connectivity index (χ1n) is 8.40. The summed E-state index contributed by atoms with van der Waals surface area (Å²) in [5, 5.41) is 12.0. The summed E-state index contributed by atoms with van der Waals surface area (Å²) in [5.41, 5.74) is 1.89. The number of benzene rings is 1. The minimum Gasteiger partial charge on any atom is -0.452 e. The van der Waals surface area contributed by atoms with Gasteiger partial charge in [0.15, 0.2) is 6.61 Å². The van der Waals surface area contributed by atoms with Gasteiger partial charge in [-0.1, -0.05) is 17.7 Å². The predicted octanol–water partition coefficient (Wildman–Crippen LogP) is 4.00. The summed E-state index contributed by atoms with van der Waals surface area (Å²) in [6.07, 6.45) is 3.48. The highest BCUT2D eigenvalue weighted by Crippen LogP contribution is 2.19. The smallest absolute Gasteiger partial charge is 0.374 e. The van der Waals surface area contributed by atoms with E-state index in [4.69, 9.17) is 13.6 Å². The van der Waals surface area contributed by atoms with Gasteiger partial charge < -0.3 is 13.6 Å². The van der Waals surface area contributed by atoms with Crippen molar-refractivity contribution in [2.24, 2.45) is 0 Å². The van der Waals surface area contributed by atoms with Crippen molar-refractivity contribution in [2.75, 3.05) is 0 Å². The van der Waals surface area contributed by atoms with Gasteiger partial charge in [0.2, 0.25) is 11.7 Å². The largest absolute Gasteiger partial charge is 0.452 e. The van der Waals surface area contributed by atoms with Gasteiger partial charge in [-0.3, -0.25) is 4.68 Å². The van der Waals surface area contributed by atoms with Crippen LogP contribution in [0.1, 0.15) is 27.8 Å². The second kappa shape index (κ2) is 7.81. The Hall–Kier alpha value is -3.20. The summed E-state index contributed by atoms with van der Waals surface area (Å²) in [4.78, 5) is 12.2. The Morgan fingerprint density at radius 1 is 1.21 bits per heavy atom. The molecule has 4 aromatic rings. The fraction of sp³-hybridized carbons (Fsp3) is 0.158. The maximum atomic E-state index is 12.2. The quantitative estimate of drug-likeness (QED) is 0.416. The molecule has 0 aliphatic heterocycles. The molecule has 1 aromatic carbocycles. The Balaban J connectivity index is 1.36. The van der Waals surface area contributed by atoms with E-state index in [1.54, 1.807) is 23.0 Å². The van der Waals surface area contributed by atoms with E-state index in [9.17, 15) is 4.79 Å². The lowest BCUT2D eigenvalue weighted by Gasteiger charge is -2.00. The monoisotopic (exact) mass is 442 g/mol. The average Bonchev–Trinajstić information content (AvgIpc) is 3.41. The van der Waals surface area contributed by atoms with Crippen molar-refractivity contribution >= 4 is 21.9 Å². The Morgan fingerprint density at radius 3 is 2.89 bits per heavy atom. The molecule has 0 amide bonds. The third-order valence-electron chi connectivity index (χ3n) is 3.84. The Morgan fingerprint density at radius 2 is 2.11 bits per heavy atom. The second-order valence-corrected chi connectivity index (χ2v) is 6.98. The fourth-order valence-corrected chi connectivity index (χ4v) is 2.89. The van der Waals surface area contributed by atoms with Crippen LogP contribution in [0.4, 0.5) is 0 Å². The van der Waals surface area contributed by atoms with Gasteiger partial charge >= 0.3 is 5.97 Å². The molecule has 0 unspecified atom stereocenters. The maximum absolute atomic E-state index is 12.2. The van der Waals surface area contributed by atoms with Crippen molar-refractivity contribution in [3.63, 3.8) is 0 Å². The summed E-state index contributed by atoms with van der Waals surface area (Å²) in [6.45, 7) is 2.24. The third-order valence-corrected chi connectivity index (χ3v) is 4.25. The van der Waals surface area contributed by atoms with Crippen LogP contribution in [0, 0.1) is 6.92 Å². The van der Waals surface area contributed by atoms with Crippen molar-refractivity contribution in [3.05, 3.63) is 76.2 Å². The molecule has 0 aliphatic rings. The number of aryl methyl sites for hydroxylation is 1. The van der Waals surface area contributed by atoms with Crippen LogP contribution in [0.5, 0.6) is 0 Å². The summed E-state index contributed by atoms with van der Waals surface area (Å²) in [5.74, 6) is 0.656. The highest BCUT2D eigenvalue weighted by atomic mass is 79.9. The number of furan rings is 1. The highest BCUT2D eigenvalue weighted by molar-refractivity contribution is 9.10. The van der Waals surface area contributed by atoms with Gasteiger partial charge in [0.1, 0.15) is 5.76 Å². The standard InChI is InChI=1S/C19H15BrN4O4/c1-12-3-2-4-13(7-12)18-23-22-17(28-18)11-26-19(25)16-6-5-15(27-16)10-24-9-14(20)8-21-24/h2-9H,10-11H2,1H3. The lowest BCUT2D eigenvalue weighted by Crippen LogP contribution is -2.04. The van der Waals surface area contributed by atoms with E-state index in [0.29, 0.717) is 18.2 Å². The van der Waals surface area contributed by atoms with Crippen LogP contribution in [0.3, 0.4) is 0 Å². The molecule has 0 aliphatic carbocycles. The van der Waals surface area contributed by atoms with Crippen LogP contribution >= 0.6 is 15.9 Å². The maximum Gasteiger partial charge on any atom is 0.374 e. The number of hydrogen-bond donors (Lipinski definition) is 0. The first kappa shape index (κ1) is 18.2. The zero-order chi connectivity index (χ0) is 19.5. The third kappa shape index (κ3) is 4.20. The summed E-state index contributed by atoms with van der Waals surface area (Å²) >= 11 is 3.33. The molecule has 0 radical (unpaired) electrons. The molecule has 0 atom stereocenters. The van der Waals surface area contributed by atoms with Crippen molar-refractivity contribution in [1.29, 1.82) is 0 Å². The lowest BCUT2D eigenvalue weighted by molar-refractivity contribution is 0.0400. The molecule has 0 N–H and O–H groups in total. The number of carbonyl (C=O) groups excluding carboxylic acids is 1. The van der Waals surface area contributed by atoms with Gasteiger partial charge in [-0.05, 0) is 47.1 Å². The molecule has 9 heteroatoms. The first-order chi connectivity index (χ1) is 13.6. The molecule has 0 saturated carbocycles. The van der Waals surface area contributed by atoms with Gasteiger partial charge in [-0.2, -0.15) is 5.10 Å². The topological polar surface area (TPSA) is 96.2 Å². The van der Waals surface area contributed by atoms with Crippen LogP contribution in [-0.2, 0) is 17.9 Å². The number of rotatable bonds is 6. The normalized spacial score (nSPS) is 10.9. The molecule has 0 saturated heterocycles. The first-order valence-corrected chi connectivity index (χ1v) is 9.19. The number of esters is 1. The molecule has 8 nitrogen and oxygen atoms in total. The van der Waals surface area contributed by atoms with Gasteiger partial charge in [-0.25, -0.2) is 4.79 Å². The second-order valence-electron chi connectivity index (χ2n) is 6.07. The average molecular weight is 443 g/mol. The molecule has 28 heavy (non-hydrogen) atoms. The summed E-state index contributed by atoms with van der Waals surface area (Å²) in [6, 6.07) is 11.0. The van der Waals surface area contributed by atoms with Crippen molar-refractivity contribution in [1.82, 2.24) is 20.0 Å². The van der Waals surface area contributed by atoms with Gasteiger partial charge in [0, 0.05) is 11.8 Å². The minimum absolute atomic E-state index is 0.0969. The number of hydrogen-bond acceptors (Lipinski definition) is 7. The summed E-state index contributed by atoms with van der Waals surface area (Å²) in [7, 11) is 0. The minimum atomic E-state index is -0.608. The Kier molecular flexibility index (Phi) is 5.07. The highest BCUT2D eigenvalue weighted by Gasteiger charge is 2.16. The van der Waals surface area contributed by atoms with Gasteiger partial charge in [0.05, 0.1) is 17.2 Å². The van der Waals surface area contributed by atoms with Crippen molar-refractivity contribution in [2.45, 2.75) is 20.1 Å². The number of halogens is 1. The Bertz CT molecular complexity index is 1110. The molecule has 3 heterocycles. The van der Waals surface area contributed by atoms with Crippen LogP contribution in [-0.4, -0.2) is 25.9 Å². The molecule has 0 bridgehead atoms. The Labute approximate surface area is 168 Å². The van der Waals surface area contributed by atoms with E-state index in [2.05, 4.69) is 31.2 Å². The molecule has 0 fully saturated rings. The van der Waals surface area contributed by atoms with E-state index < -0.39 is 5.97 Å². The molecular weight excluding hydrogens is 428 g/mol. The predicted molar refractivity (Wildman–Crippen MR) is 101 cm³/mol. The van der Waals surface area contributed by atoms with E-state index in [1.165, 1.54) is 0 Å². The molecular formula is C19H15BrN4O4. The number of aromatic nitrogens is 4. The van der Waals surface area contributed by atoms with Gasteiger partial charge in [-0.15, -0.1) is 10.2 Å². The molecule has 142 valence electrons. The number of ether oxygens (including phenoxy) is 1. The van der Waals surface area contributed by atoms with E-state index >= 15 is 0 Å². The lowest BCUT2D eigenvalue weighted by atomic mass is 10.1. The van der Waals surface area contributed by atoms with Gasteiger partial charge in [0.25, 0.3) is 5.89 Å². The van der Waals surface area contributed by atoms with Crippen LogP contribution in [0.25, 0.3) is 11.5 Å². The molecule has 4 rings (SSSR count). The SMILES string of the molecule is Cc1cccc(-c2nnc(COC(=O)c3ccc(Cn4cc(Br)cn4)o3)o2)c1.